The lowest BCUT2D eigenvalue weighted by Crippen LogP contribution is -2.60. The summed E-state index contributed by atoms with van der Waals surface area (Å²) in [4.78, 5) is 0. The highest BCUT2D eigenvalue weighted by Crippen LogP contribution is 2.70. The van der Waals surface area contributed by atoms with Crippen molar-refractivity contribution < 1.29 is 13.5 Å². The van der Waals surface area contributed by atoms with Crippen molar-refractivity contribution in [1.29, 1.82) is 0 Å². The molecule has 0 aromatic heterocycles. The molecule has 0 aliphatic heterocycles. The molecule has 1 aromatic rings. The molecule has 0 saturated heterocycles. The van der Waals surface area contributed by atoms with E-state index in [4.69, 9.17) is 16.2 Å². The number of nitrogens with two attached hydrogens (primary N) is 2. The van der Waals surface area contributed by atoms with Crippen LogP contribution < -0.4 is 11.5 Å². The van der Waals surface area contributed by atoms with Gasteiger partial charge in [0, 0.05) is 11.4 Å². The zero-order valence-corrected chi connectivity index (χ0v) is 26.9. The van der Waals surface area contributed by atoms with Gasteiger partial charge >= 0.3 is 6.11 Å². The number of rotatable bonds is 8. The number of ether oxygens (including phenoxy) is 1. The van der Waals surface area contributed by atoms with Crippen LogP contribution in [0, 0.1) is 57.7 Å². The fourth-order valence-electron chi connectivity index (χ4n) is 11.4. The molecule has 0 amide bonds. The summed E-state index contributed by atoms with van der Waals surface area (Å²) < 4.78 is 36.8. The Morgan fingerprint density at radius 3 is 2.24 bits per heavy atom. The highest BCUT2D eigenvalue weighted by atomic mass is 19.3. The molecule has 5 rings (SSSR count). The van der Waals surface area contributed by atoms with Crippen LogP contribution in [0.15, 0.2) is 18.2 Å². The number of anilines is 2. The van der Waals surface area contributed by atoms with Crippen molar-refractivity contribution in [2.75, 3.05) is 11.5 Å². The van der Waals surface area contributed by atoms with Gasteiger partial charge in [-0.05, 0) is 127 Å². The topological polar surface area (TPSA) is 61.3 Å². The van der Waals surface area contributed by atoms with E-state index in [0.29, 0.717) is 29.4 Å². The summed E-state index contributed by atoms with van der Waals surface area (Å²) >= 11 is 0. The maximum atomic E-state index is 15.5. The van der Waals surface area contributed by atoms with Crippen LogP contribution in [0.4, 0.5) is 20.2 Å². The molecule has 4 aliphatic carbocycles. The average Bonchev–Trinajstić information content (AvgIpc) is 3.22. The number of nitrogen functional groups attached to an aromatic ring is 2. The summed E-state index contributed by atoms with van der Waals surface area (Å²) in [5, 5.41) is 0. The molecule has 0 bridgehead atoms. The molecule has 3 unspecified atom stereocenters. The average molecular weight is 573 g/mol. The first-order chi connectivity index (χ1) is 19.1. The largest absolute Gasteiger partial charge is 0.399 e. The number of fused-ring (bicyclic) bond motifs is 5. The molecule has 4 aliphatic rings. The third kappa shape index (κ3) is 5.33. The van der Waals surface area contributed by atoms with Gasteiger partial charge in [0.25, 0.3) is 0 Å². The van der Waals surface area contributed by atoms with Gasteiger partial charge in [-0.2, -0.15) is 8.78 Å². The molecule has 4 fully saturated rings. The van der Waals surface area contributed by atoms with Crippen LogP contribution >= 0.6 is 0 Å². The number of benzene rings is 1. The Kier molecular flexibility index (Phi) is 8.32. The smallest absolute Gasteiger partial charge is 0.385 e. The predicted octanol–water partition coefficient (Wildman–Crippen LogP) is 10.0. The van der Waals surface area contributed by atoms with E-state index in [9.17, 15) is 0 Å². The van der Waals surface area contributed by atoms with Crippen molar-refractivity contribution >= 4 is 11.4 Å². The summed E-state index contributed by atoms with van der Waals surface area (Å²) in [6.07, 6.45) is 9.59. The van der Waals surface area contributed by atoms with Crippen molar-refractivity contribution in [3.05, 3.63) is 23.8 Å². The molecule has 0 heterocycles. The predicted molar refractivity (Wildman–Crippen MR) is 166 cm³/mol. The number of hydrogen-bond acceptors (Lipinski definition) is 3. The fourth-order valence-corrected chi connectivity index (χ4v) is 11.4. The monoisotopic (exact) mass is 572 g/mol. The molecule has 0 radical (unpaired) electrons. The Morgan fingerprint density at radius 1 is 0.878 bits per heavy atom. The Morgan fingerprint density at radius 2 is 1.56 bits per heavy atom. The van der Waals surface area contributed by atoms with Crippen LogP contribution in [0.25, 0.3) is 0 Å². The van der Waals surface area contributed by atoms with Gasteiger partial charge in [-0.25, -0.2) is 0 Å². The van der Waals surface area contributed by atoms with Gasteiger partial charge in [-0.1, -0.05) is 67.7 Å². The lowest BCUT2D eigenvalue weighted by Gasteiger charge is -2.65. The second-order valence-corrected chi connectivity index (χ2v) is 16.4. The minimum atomic E-state index is -3.44. The Bertz CT molecular complexity index is 1090. The van der Waals surface area contributed by atoms with Crippen LogP contribution in [0.3, 0.4) is 0 Å². The van der Waals surface area contributed by atoms with E-state index < -0.39 is 12.2 Å². The first kappa shape index (κ1) is 31.1. The van der Waals surface area contributed by atoms with Gasteiger partial charge in [-0.3, -0.25) is 0 Å². The van der Waals surface area contributed by atoms with E-state index in [-0.39, 0.29) is 22.1 Å². The van der Waals surface area contributed by atoms with E-state index in [1.54, 1.807) is 0 Å². The third-order valence-electron chi connectivity index (χ3n) is 13.4. The highest BCUT2D eigenvalue weighted by Gasteiger charge is 2.64. The maximum absolute atomic E-state index is 15.5. The number of hydrogen-bond donors (Lipinski definition) is 2. The SMILES string of the molecule is CC(C)CCCC(C)[C@H]1CC[C@H]2[C@@H]3CCC4C(C)(C)C(OC(F)(F)c5ccc(N)cc5N)CC[C@]4(C)[C@H]3CC[C@]12C. The minimum Gasteiger partial charge on any atom is -0.399 e. The lowest BCUT2D eigenvalue weighted by molar-refractivity contribution is -0.312. The molecular formula is C36H58F2N2O. The fraction of sp³-hybridized carbons (Fsp3) is 0.833. The quantitative estimate of drug-likeness (QED) is 0.305. The first-order valence-electron chi connectivity index (χ1n) is 16.8. The van der Waals surface area contributed by atoms with Crippen molar-refractivity contribution in [2.24, 2.45) is 57.7 Å². The molecule has 3 nitrogen and oxygen atoms in total. The van der Waals surface area contributed by atoms with Gasteiger partial charge in [0.1, 0.15) is 0 Å². The van der Waals surface area contributed by atoms with E-state index in [2.05, 4.69) is 48.5 Å². The first-order valence-corrected chi connectivity index (χ1v) is 16.8. The minimum absolute atomic E-state index is 0.0108. The molecule has 9 atom stereocenters. The zero-order valence-electron chi connectivity index (χ0n) is 26.9. The molecule has 0 spiro atoms. The van der Waals surface area contributed by atoms with Crippen LogP contribution in [0.5, 0.6) is 0 Å². The summed E-state index contributed by atoms with van der Waals surface area (Å²) in [6, 6.07) is 4.19. The van der Waals surface area contributed by atoms with Crippen molar-refractivity contribution in [3.63, 3.8) is 0 Å². The molecule has 232 valence electrons. The van der Waals surface area contributed by atoms with E-state index in [1.165, 1.54) is 69.6 Å². The molecule has 5 heteroatoms. The Balaban J connectivity index is 1.30. The van der Waals surface area contributed by atoms with Gasteiger partial charge < -0.3 is 16.2 Å². The zero-order chi connectivity index (χ0) is 30.0. The molecule has 41 heavy (non-hydrogen) atoms. The van der Waals surface area contributed by atoms with Gasteiger partial charge in [0.2, 0.25) is 0 Å². The summed E-state index contributed by atoms with van der Waals surface area (Å²) in [5.41, 5.74) is 12.1. The van der Waals surface area contributed by atoms with Crippen molar-refractivity contribution in [1.82, 2.24) is 0 Å². The van der Waals surface area contributed by atoms with E-state index >= 15 is 8.78 Å². The standard InChI is InChI=1S/C36H58F2N2O/c1-22(2)9-8-10-23(3)26-14-15-27-25-12-16-31-33(4,5)32(18-20-35(31,7)28(25)17-19-34(26,27)6)41-36(37,38)29-13-11-24(39)21-30(29)40/h11,13,21-23,25-28,31-32H,8-10,12,14-20,39-40H2,1-7H3/t23?,25-,26+,27-,28-,31?,32?,34+,35+/m0/s1. The van der Waals surface area contributed by atoms with Crippen LogP contribution in [-0.2, 0) is 10.8 Å². The molecular weight excluding hydrogens is 514 g/mol. The Labute approximate surface area is 248 Å². The normalized spacial score (nSPS) is 39.2. The van der Waals surface area contributed by atoms with E-state index in [1.807, 2.05) is 0 Å². The second kappa shape index (κ2) is 11.0. The summed E-state index contributed by atoms with van der Waals surface area (Å²) in [5.74, 6) is 5.16. The number of alkyl halides is 2. The van der Waals surface area contributed by atoms with Crippen molar-refractivity contribution in [3.8, 4) is 0 Å². The second-order valence-electron chi connectivity index (χ2n) is 16.4. The molecule has 4 saturated carbocycles. The van der Waals surface area contributed by atoms with Crippen molar-refractivity contribution in [2.45, 2.75) is 131 Å². The highest BCUT2D eigenvalue weighted by molar-refractivity contribution is 5.57. The van der Waals surface area contributed by atoms with Crippen LogP contribution in [0.2, 0.25) is 0 Å². The van der Waals surface area contributed by atoms with Gasteiger partial charge in [0.15, 0.2) is 0 Å². The van der Waals surface area contributed by atoms with E-state index in [0.717, 1.165) is 42.4 Å². The molecule has 1 aromatic carbocycles. The van der Waals surface area contributed by atoms with Gasteiger partial charge in [-0.15, -0.1) is 0 Å². The van der Waals surface area contributed by atoms with Crippen LogP contribution in [-0.4, -0.2) is 6.10 Å². The lowest BCUT2D eigenvalue weighted by atomic mass is 9.41. The van der Waals surface area contributed by atoms with Crippen LogP contribution in [0.1, 0.15) is 125 Å². The number of halogens is 2. The Hall–Kier alpha value is -1.36. The maximum Gasteiger partial charge on any atom is 0.385 e. The molecule has 4 N–H and O–H groups in total. The third-order valence-corrected chi connectivity index (χ3v) is 13.4. The summed E-state index contributed by atoms with van der Waals surface area (Å²) in [7, 11) is 0. The van der Waals surface area contributed by atoms with Gasteiger partial charge in [0.05, 0.1) is 11.7 Å². The summed E-state index contributed by atoms with van der Waals surface area (Å²) in [6.45, 7) is 16.8.